The first kappa shape index (κ1) is 16.6. The number of halogens is 1. The van der Waals surface area contributed by atoms with Crippen molar-refractivity contribution in [1.29, 1.82) is 0 Å². The normalized spacial score (nSPS) is 10.8. The van der Waals surface area contributed by atoms with Gasteiger partial charge in [-0.1, -0.05) is 25.4 Å². The van der Waals surface area contributed by atoms with E-state index in [0.717, 1.165) is 12.8 Å². The zero-order valence-electron chi connectivity index (χ0n) is 12.1. The summed E-state index contributed by atoms with van der Waals surface area (Å²) in [4.78, 5) is 8.84. The van der Waals surface area contributed by atoms with Crippen LogP contribution in [0.4, 0.5) is 5.69 Å². The van der Waals surface area contributed by atoms with Gasteiger partial charge in [0, 0.05) is 6.07 Å². The Hall–Kier alpha value is -1.46. The summed E-state index contributed by atoms with van der Waals surface area (Å²) >= 11 is 6.23. The van der Waals surface area contributed by atoms with Crippen LogP contribution in [0.5, 0.6) is 11.5 Å². The van der Waals surface area contributed by atoms with E-state index in [1.54, 1.807) is 12.1 Å². The number of nitrogens with zero attached hydrogens (tertiary/aromatic N) is 1. The molecule has 0 unspecified atom stereocenters. The second-order valence-electron chi connectivity index (χ2n) is 4.03. The number of hydrogen-bond acceptors (Lipinski definition) is 4. The number of nitrogens with one attached hydrogen (secondary N) is 1. The lowest BCUT2D eigenvalue weighted by Gasteiger charge is -2.14. The molecule has 1 aromatic carbocycles. The second-order valence-corrected chi connectivity index (χ2v) is 4.44. The van der Waals surface area contributed by atoms with Crippen molar-refractivity contribution in [3.63, 3.8) is 0 Å². The maximum absolute atomic E-state index is 6.23. The van der Waals surface area contributed by atoms with E-state index >= 15 is 0 Å². The van der Waals surface area contributed by atoms with Crippen molar-refractivity contribution in [2.45, 2.75) is 26.7 Å². The van der Waals surface area contributed by atoms with E-state index in [0.29, 0.717) is 35.4 Å². The van der Waals surface area contributed by atoms with E-state index in [4.69, 9.17) is 21.1 Å². The highest BCUT2D eigenvalue weighted by molar-refractivity contribution is 6.32. The Bertz CT molecular complexity index is 439. The minimum Gasteiger partial charge on any atom is -0.490 e. The van der Waals surface area contributed by atoms with Crippen LogP contribution in [0.2, 0.25) is 5.02 Å². The van der Waals surface area contributed by atoms with Crippen LogP contribution in [0.1, 0.15) is 26.7 Å². The molecule has 0 spiro atoms. The molecule has 0 aliphatic rings. The minimum absolute atomic E-state index is 0.483. The fourth-order valence-electron chi connectivity index (χ4n) is 1.45. The Morgan fingerprint density at radius 3 is 2.55 bits per heavy atom. The average Bonchev–Trinajstić information content (AvgIpc) is 2.44. The highest BCUT2D eigenvalue weighted by Gasteiger charge is 2.12. The summed E-state index contributed by atoms with van der Waals surface area (Å²) in [6.45, 7) is 5.27. The first-order chi connectivity index (χ1) is 9.72. The van der Waals surface area contributed by atoms with Gasteiger partial charge in [-0.3, -0.25) is 10.3 Å². The standard InChI is InChI=1S/C14H21ClN2O3/c1-4-6-19-13-9-11(16-10-17-18-3)8-12(15)14(13)20-7-5-2/h8-10H,4-7H2,1-3H3,(H,16,17). The summed E-state index contributed by atoms with van der Waals surface area (Å²) < 4.78 is 11.3. The predicted octanol–water partition coefficient (Wildman–Crippen LogP) is 3.73. The van der Waals surface area contributed by atoms with Gasteiger partial charge in [0.1, 0.15) is 6.34 Å². The Kier molecular flexibility index (Phi) is 7.84. The van der Waals surface area contributed by atoms with Gasteiger partial charge in [-0.05, 0) is 18.9 Å². The van der Waals surface area contributed by atoms with Gasteiger partial charge < -0.3 is 9.47 Å². The monoisotopic (exact) mass is 300 g/mol. The third-order valence-electron chi connectivity index (χ3n) is 2.29. The van der Waals surface area contributed by atoms with E-state index in [1.165, 1.54) is 13.4 Å². The lowest BCUT2D eigenvalue weighted by molar-refractivity contribution is 0.148. The number of rotatable bonds is 9. The van der Waals surface area contributed by atoms with Crippen molar-refractivity contribution >= 4 is 23.6 Å². The second kappa shape index (κ2) is 9.44. The van der Waals surface area contributed by atoms with Gasteiger partial charge in [-0.2, -0.15) is 0 Å². The van der Waals surface area contributed by atoms with Crippen LogP contribution in [0.3, 0.4) is 0 Å². The molecule has 0 aliphatic heterocycles. The lowest BCUT2D eigenvalue weighted by atomic mass is 10.2. The van der Waals surface area contributed by atoms with Crippen molar-refractivity contribution in [1.82, 2.24) is 5.48 Å². The van der Waals surface area contributed by atoms with E-state index in [2.05, 4.69) is 15.3 Å². The highest BCUT2D eigenvalue weighted by atomic mass is 35.5. The largest absolute Gasteiger partial charge is 0.490 e. The van der Waals surface area contributed by atoms with Crippen LogP contribution in [0.25, 0.3) is 0 Å². The fourth-order valence-corrected chi connectivity index (χ4v) is 1.71. The summed E-state index contributed by atoms with van der Waals surface area (Å²) in [7, 11) is 1.51. The van der Waals surface area contributed by atoms with Gasteiger partial charge in [0.25, 0.3) is 0 Å². The average molecular weight is 301 g/mol. The molecule has 0 atom stereocenters. The molecule has 0 saturated heterocycles. The summed E-state index contributed by atoms with van der Waals surface area (Å²) in [5, 5.41) is 0.483. The first-order valence-corrected chi connectivity index (χ1v) is 7.00. The quantitative estimate of drug-likeness (QED) is 0.429. The Labute approximate surface area is 124 Å². The van der Waals surface area contributed by atoms with Gasteiger partial charge in [-0.25, -0.2) is 4.99 Å². The molecule has 0 heterocycles. The maximum atomic E-state index is 6.23. The molecule has 1 aromatic rings. The number of aliphatic imine (C=N–C) groups is 1. The molecule has 1 rings (SSSR count). The lowest BCUT2D eigenvalue weighted by Crippen LogP contribution is -2.07. The molecule has 0 fully saturated rings. The molecule has 0 saturated carbocycles. The molecule has 0 radical (unpaired) electrons. The van der Waals surface area contributed by atoms with Crippen molar-refractivity contribution in [2.75, 3.05) is 20.3 Å². The SMILES string of the molecule is CCCOc1cc(N=CNOC)cc(Cl)c1OCCC. The molecule has 6 heteroatoms. The van der Waals surface area contributed by atoms with Gasteiger partial charge >= 0.3 is 0 Å². The molecule has 20 heavy (non-hydrogen) atoms. The van der Waals surface area contributed by atoms with Gasteiger partial charge in [0.2, 0.25) is 0 Å². The van der Waals surface area contributed by atoms with Crippen molar-refractivity contribution in [3.05, 3.63) is 17.2 Å². The minimum atomic E-state index is 0.483. The topological polar surface area (TPSA) is 52.1 Å². The zero-order valence-corrected chi connectivity index (χ0v) is 12.9. The maximum Gasteiger partial charge on any atom is 0.179 e. The van der Waals surface area contributed by atoms with Gasteiger partial charge in [-0.15, -0.1) is 0 Å². The molecular weight excluding hydrogens is 280 g/mol. The van der Waals surface area contributed by atoms with Crippen molar-refractivity contribution in [3.8, 4) is 11.5 Å². The summed E-state index contributed by atoms with van der Waals surface area (Å²) in [6.07, 6.45) is 3.24. The molecule has 1 N–H and O–H groups in total. The number of hydroxylamine groups is 1. The molecule has 0 aromatic heterocycles. The fraction of sp³-hybridized carbons (Fsp3) is 0.500. The van der Waals surface area contributed by atoms with Gasteiger partial charge in [0.05, 0.1) is 31.0 Å². The summed E-state index contributed by atoms with van der Waals surface area (Å²) in [6, 6.07) is 3.51. The summed E-state index contributed by atoms with van der Waals surface area (Å²) in [5.41, 5.74) is 3.18. The molecular formula is C14H21ClN2O3. The smallest absolute Gasteiger partial charge is 0.179 e. The van der Waals surface area contributed by atoms with Gasteiger partial charge in [0.15, 0.2) is 11.5 Å². The van der Waals surface area contributed by atoms with Crippen LogP contribution in [0, 0.1) is 0 Å². The molecule has 0 amide bonds. The number of benzene rings is 1. The van der Waals surface area contributed by atoms with Crippen LogP contribution in [0.15, 0.2) is 17.1 Å². The molecule has 5 nitrogen and oxygen atoms in total. The summed E-state index contributed by atoms with van der Waals surface area (Å²) in [5.74, 6) is 1.18. The molecule has 112 valence electrons. The Morgan fingerprint density at radius 2 is 1.90 bits per heavy atom. The van der Waals surface area contributed by atoms with Crippen LogP contribution < -0.4 is 15.0 Å². The van der Waals surface area contributed by atoms with Crippen LogP contribution >= 0.6 is 11.6 Å². The van der Waals surface area contributed by atoms with E-state index in [-0.39, 0.29) is 0 Å². The van der Waals surface area contributed by atoms with Crippen molar-refractivity contribution < 1.29 is 14.3 Å². The first-order valence-electron chi connectivity index (χ1n) is 6.63. The van der Waals surface area contributed by atoms with Crippen molar-refractivity contribution in [2.24, 2.45) is 4.99 Å². The third-order valence-corrected chi connectivity index (χ3v) is 2.57. The van der Waals surface area contributed by atoms with E-state index in [9.17, 15) is 0 Å². The molecule has 0 bridgehead atoms. The Morgan fingerprint density at radius 1 is 1.20 bits per heavy atom. The third kappa shape index (κ3) is 5.27. The zero-order chi connectivity index (χ0) is 14.8. The molecule has 0 aliphatic carbocycles. The van der Waals surface area contributed by atoms with E-state index in [1.807, 2.05) is 13.8 Å². The van der Waals surface area contributed by atoms with Crippen LogP contribution in [-0.4, -0.2) is 26.7 Å². The predicted molar refractivity (Wildman–Crippen MR) is 81.3 cm³/mol. The highest BCUT2D eigenvalue weighted by Crippen LogP contribution is 2.39. The number of hydrogen-bond donors (Lipinski definition) is 1. The number of ether oxygens (including phenoxy) is 2. The van der Waals surface area contributed by atoms with E-state index < -0.39 is 0 Å². The Balaban J connectivity index is 2.97. The van der Waals surface area contributed by atoms with Crippen LogP contribution in [-0.2, 0) is 4.84 Å².